The number of hydrogen-bond acceptors (Lipinski definition) is 5. The van der Waals surface area contributed by atoms with Gasteiger partial charge < -0.3 is 24.7 Å². The molecule has 7 nitrogen and oxygen atoms in total. The van der Waals surface area contributed by atoms with Gasteiger partial charge in [0.25, 0.3) is 0 Å². The van der Waals surface area contributed by atoms with Gasteiger partial charge in [-0.1, -0.05) is 55.0 Å². The zero-order valence-electron chi connectivity index (χ0n) is 22.5. The first-order chi connectivity index (χ1) is 14.9. The number of carboxylic acids is 1. The first-order valence-corrected chi connectivity index (χ1v) is 14.3. The van der Waals surface area contributed by atoms with E-state index in [4.69, 9.17) is 14.3 Å². The number of amides is 1. The molecule has 33 heavy (non-hydrogen) atoms. The van der Waals surface area contributed by atoms with Crippen molar-refractivity contribution in [1.29, 1.82) is 0 Å². The van der Waals surface area contributed by atoms with Crippen LogP contribution in [0, 0.1) is 5.92 Å². The Balaban J connectivity index is 5.27. The van der Waals surface area contributed by atoms with E-state index in [2.05, 4.69) is 60.4 Å². The number of alkyl carbamates (subject to hydrolysis) is 1. The van der Waals surface area contributed by atoms with E-state index in [1.807, 2.05) is 0 Å². The van der Waals surface area contributed by atoms with E-state index in [0.717, 1.165) is 6.42 Å². The smallest absolute Gasteiger partial charge is 0.407 e. The lowest BCUT2D eigenvalue weighted by atomic mass is 9.92. The number of rotatable bonds is 14. The molecule has 0 bridgehead atoms. The number of aliphatic hydroxyl groups excluding tert-OH is 1. The minimum Gasteiger partial charge on any atom is -0.478 e. The number of aliphatic hydroxyl groups is 1. The van der Waals surface area contributed by atoms with Gasteiger partial charge in [0, 0.05) is 18.6 Å². The van der Waals surface area contributed by atoms with Gasteiger partial charge in [-0.3, -0.25) is 0 Å². The number of aliphatic carboxylic acids is 1. The number of ether oxygens (including phenoxy) is 1. The molecule has 0 aliphatic rings. The normalized spacial score (nSPS) is 15.5. The van der Waals surface area contributed by atoms with E-state index in [1.165, 1.54) is 0 Å². The Morgan fingerprint density at radius 2 is 1.48 bits per heavy atom. The Morgan fingerprint density at radius 1 is 1.00 bits per heavy atom. The van der Waals surface area contributed by atoms with Crippen LogP contribution >= 0.6 is 0 Å². The Labute approximate surface area is 202 Å². The minimum absolute atomic E-state index is 0.101. The van der Waals surface area contributed by atoms with Gasteiger partial charge in [0.1, 0.15) is 5.60 Å². The third kappa shape index (κ3) is 10.6. The van der Waals surface area contributed by atoms with Crippen molar-refractivity contribution < 1.29 is 29.0 Å². The summed E-state index contributed by atoms with van der Waals surface area (Å²) in [7, 11) is -1.96. The molecular formula is C25H49NO6Si. The molecule has 0 saturated carbocycles. The molecule has 0 aromatic rings. The van der Waals surface area contributed by atoms with E-state index >= 15 is 0 Å². The SMILES string of the molecule is C=C(CC(O)C(CC(C)CCO[Si](C(C)C)(C(C)C)C(C)C)NC(=O)OC(C)(C)C)C(=O)O. The maximum absolute atomic E-state index is 12.3. The summed E-state index contributed by atoms with van der Waals surface area (Å²) in [6, 6.07) is -0.659. The second-order valence-corrected chi connectivity index (χ2v) is 16.7. The first-order valence-electron chi connectivity index (χ1n) is 12.2. The lowest BCUT2D eigenvalue weighted by molar-refractivity contribution is -0.133. The van der Waals surface area contributed by atoms with Crippen molar-refractivity contribution in [3.63, 3.8) is 0 Å². The van der Waals surface area contributed by atoms with Crippen LogP contribution in [0.25, 0.3) is 0 Å². The number of carbonyl (C=O) groups is 2. The largest absolute Gasteiger partial charge is 0.478 e. The van der Waals surface area contributed by atoms with E-state index in [1.54, 1.807) is 20.8 Å². The van der Waals surface area contributed by atoms with Crippen molar-refractivity contribution >= 4 is 20.4 Å². The molecule has 0 aliphatic carbocycles. The molecule has 0 aromatic heterocycles. The molecular weight excluding hydrogens is 438 g/mol. The molecule has 8 heteroatoms. The van der Waals surface area contributed by atoms with Crippen LogP contribution in [0.2, 0.25) is 16.6 Å². The molecule has 3 atom stereocenters. The summed E-state index contributed by atoms with van der Waals surface area (Å²) in [6.45, 7) is 25.0. The van der Waals surface area contributed by atoms with Gasteiger partial charge in [0.2, 0.25) is 0 Å². The highest BCUT2D eigenvalue weighted by molar-refractivity contribution is 6.77. The third-order valence-electron chi connectivity index (χ3n) is 6.25. The first kappa shape index (κ1) is 31.6. The average molecular weight is 488 g/mol. The molecule has 194 valence electrons. The van der Waals surface area contributed by atoms with Crippen molar-refractivity contribution in [3.05, 3.63) is 12.2 Å². The maximum Gasteiger partial charge on any atom is 0.407 e. The number of nitrogens with one attached hydrogen (secondary N) is 1. The molecule has 0 fully saturated rings. The van der Waals surface area contributed by atoms with Crippen LogP contribution < -0.4 is 5.32 Å². The molecule has 0 radical (unpaired) electrons. The fourth-order valence-electron chi connectivity index (χ4n) is 4.74. The van der Waals surface area contributed by atoms with Crippen molar-refractivity contribution in [2.75, 3.05) is 6.61 Å². The fraction of sp³-hybridized carbons (Fsp3) is 0.840. The van der Waals surface area contributed by atoms with Crippen LogP contribution in [-0.2, 0) is 14.0 Å². The van der Waals surface area contributed by atoms with Crippen molar-refractivity contribution in [3.8, 4) is 0 Å². The molecule has 0 heterocycles. The van der Waals surface area contributed by atoms with E-state index in [0.29, 0.717) is 29.7 Å². The summed E-state index contributed by atoms with van der Waals surface area (Å²) in [5.74, 6) is -1.03. The third-order valence-corrected chi connectivity index (χ3v) is 12.4. The molecule has 0 aliphatic heterocycles. The average Bonchev–Trinajstić information content (AvgIpc) is 2.61. The highest BCUT2D eigenvalue weighted by Crippen LogP contribution is 2.42. The Morgan fingerprint density at radius 3 is 1.88 bits per heavy atom. The number of carboxylic acid groups (broad SMARTS) is 1. The highest BCUT2D eigenvalue weighted by atomic mass is 28.4. The summed E-state index contributed by atoms with van der Waals surface area (Å²) in [5.41, 5.74) is 0.716. The Hall–Kier alpha value is -1.38. The van der Waals surface area contributed by atoms with Gasteiger partial charge >= 0.3 is 12.1 Å². The Bertz CT molecular complexity index is 620. The van der Waals surface area contributed by atoms with E-state index < -0.39 is 38.1 Å². The number of hydrogen-bond donors (Lipinski definition) is 3. The van der Waals surface area contributed by atoms with Gasteiger partial charge in [0.15, 0.2) is 8.32 Å². The predicted octanol–water partition coefficient (Wildman–Crippen LogP) is 5.88. The zero-order chi connectivity index (χ0) is 26.1. The molecule has 3 unspecified atom stereocenters. The molecule has 0 saturated heterocycles. The summed E-state index contributed by atoms with van der Waals surface area (Å²) < 4.78 is 12.0. The van der Waals surface area contributed by atoms with Crippen molar-refractivity contribution in [2.45, 2.75) is 123 Å². The van der Waals surface area contributed by atoms with Gasteiger partial charge in [-0.15, -0.1) is 0 Å². The lowest BCUT2D eigenvalue weighted by Gasteiger charge is -2.42. The summed E-state index contributed by atoms with van der Waals surface area (Å²) in [4.78, 5) is 23.5. The van der Waals surface area contributed by atoms with Crippen LogP contribution in [0.15, 0.2) is 12.2 Å². The summed E-state index contributed by atoms with van der Waals surface area (Å²) in [5, 5.41) is 22.5. The summed E-state index contributed by atoms with van der Waals surface area (Å²) >= 11 is 0. The molecule has 0 spiro atoms. The minimum atomic E-state index is -1.96. The second kappa shape index (κ2) is 13.5. The van der Waals surface area contributed by atoms with Crippen molar-refractivity contribution in [1.82, 2.24) is 5.32 Å². The predicted molar refractivity (Wildman–Crippen MR) is 136 cm³/mol. The standard InChI is InChI=1S/C25H49NO6Si/c1-16(2)33(17(3)4,18(5)6)31-13-12-19(7)14-21(22(27)15-20(8)23(28)29)26-24(30)32-25(9,10)11/h16-19,21-22,27H,8,12-15H2,1-7,9-11H3,(H,26,30)(H,28,29). The van der Waals surface area contributed by atoms with Gasteiger partial charge in [-0.25, -0.2) is 9.59 Å². The summed E-state index contributed by atoms with van der Waals surface area (Å²) in [6.07, 6.45) is -0.610. The monoisotopic (exact) mass is 487 g/mol. The quantitative estimate of drug-likeness (QED) is 0.209. The topological polar surface area (TPSA) is 105 Å². The highest BCUT2D eigenvalue weighted by Gasteiger charge is 2.44. The molecule has 0 rings (SSSR count). The number of carbonyl (C=O) groups excluding carboxylic acids is 1. The van der Waals surface area contributed by atoms with Crippen LogP contribution in [-0.4, -0.2) is 54.9 Å². The second-order valence-electron chi connectivity index (χ2n) is 11.2. The fourth-order valence-corrected chi connectivity index (χ4v) is 10.2. The van der Waals surface area contributed by atoms with Crippen LogP contribution in [0.3, 0.4) is 0 Å². The van der Waals surface area contributed by atoms with Gasteiger partial charge in [-0.05, 0) is 56.2 Å². The van der Waals surface area contributed by atoms with Crippen molar-refractivity contribution in [2.24, 2.45) is 5.92 Å². The van der Waals surface area contributed by atoms with Crippen LogP contribution in [0.1, 0.15) is 88.5 Å². The van der Waals surface area contributed by atoms with Crippen LogP contribution in [0.5, 0.6) is 0 Å². The van der Waals surface area contributed by atoms with E-state index in [9.17, 15) is 14.7 Å². The zero-order valence-corrected chi connectivity index (χ0v) is 23.5. The maximum atomic E-state index is 12.3. The van der Waals surface area contributed by atoms with Gasteiger partial charge in [-0.2, -0.15) is 0 Å². The van der Waals surface area contributed by atoms with E-state index in [-0.39, 0.29) is 17.9 Å². The Kier molecular flexibility index (Phi) is 12.9. The molecule has 0 aromatic carbocycles. The van der Waals surface area contributed by atoms with Gasteiger partial charge in [0.05, 0.1) is 12.1 Å². The molecule has 1 amide bonds. The lowest BCUT2D eigenvalue weighted by Crippen LogP contribution is -2.48. The van der Waals surface area contributed by atoms with Crippen LogP contribution in [0.4, 0.5) is 4.79 Å². The molecule has 3 N–H and O–H groups in total.